The van der Waals surface area contributed by atoms with Gasteiger partial charge in [-0.2, -0.15) is 11.8 Å². The summed E-state index contributed by atoms with van der Waals surface area (Å²) in [5.74, 6) is 3.22. The first-order chi connectivity index (χ1) is 7.29. The molecule has 0 aromatic carbocycles. The molecule has 0 spiro atoms. The Morgan fingerprint density at radius 1 is 0.733 bits per heavy atom. The molecule has 0 bridgehead atoms. The van der Waals surface area contributed by atoms with Gasteiger partial charge in [0.05, 0.1) is 0 Å². The van der Waals surface area contributed by atoms with Crippen molar-refractivity contribution in [3.8, 4) is 0 Å². The first kappa shape index (κ1) is 11.8. The zero-order valence-electron chi connectivity index (χ0n) is 10.4. The fourth-order valence-electron chi connectivity index (χ4n) is 3.55. The Balaban J connectivity index is 1.75. The lowest BCUT2D eigenvalue weighted by Gasteiger charge is -2.36. The van der Waals surface area contributed by atoms with Gasteiger partial charge in [0.2, 0.25) is 0 Å². The van der Waals surface area contributed by atoms with Crippen LogP contribution in [0.4, 0.5) is 0 Å². The lowest BCUT2D eigenvalue weighted by molar-refractivity contribution is 0.175. The third-order valence-electron chi connectivity index (χ3n) is 4.78. The molecule has 0 amide bonds. The van der Waals surface area contributed by atoms with Gasteiger partial charge in [0.15, 0.2) is 0 Å². The molecule has 2 aliphatic carbocycles. The molecule has 1 heteroatoms. The van der Waals surface area contributed by atoms with Crippen LogP contribution in [-0.4, -0.2) is 11.5 Å². The fourth-order valence-corrected chi connectivity index (χ4v) is 4.30. The van der Waals surface area contributed by atoms with Gasteiger partial charge in [-0.3, -0.25) is 0 Å². The van der Waals surface area contributed by atoms with E-state index in [1.807, 2.05) is 0 Å². The lowest BCUT2D eigenvalue weighted by Crippen LogP contribution is -2.25. The molecule has 2 saturated carbocycles. The van der Waals surface area contributed by atoms with E-state index in [-0.39, 0.29) is 0 Å². The largest absolute Gasteiger partial charge is 0.162 e. The molecule has 0 nitrogen and oxygen atoms in total. The highest BCUT2D eigenvalue weighted by atomic mass is 32.2. The smallest absolute Gasteiger partial charge is 0.00444 e. The van der Waals surface area contributed by atoms with Crippen molar-refractivity contribution in [1.29, 1.82) is 0 Å². The molecule has 88 valence electrons. The number of hydrogen-bond acceptors (Lipinski definition) is 1. The van der Waals surface area contributed by atoms with Crippen molar-refractivity contribution in [3.05, 3.63) is 0 Å². The van der Waals surface area contributed by atoms with E-state index in [2.05, 4.69) is 24.9 Å². The molecule has 2 rings (SSSR count). The standard InChI is InChI=1S/C14H26S/c1-11-3-5-12(6-4-11)13-7-9-14(15-2)10-8-13/h11-14H,3-10H2,1-2H3. The van der Waals surface area contributed by atoms with Crippen molar-refractivity contribution in [1.82, 2.24) is 0 Å². The molecular formula is C14H26S. The van der Waals surface area contributed by atoms with Gasteiger partial charge in [-0.05, 0) is 62.5 Å². The first-order valence-electron chi connectivity index (χ1n) is 6.82. The monoisotopic (exact) mass is 226 g/mol. The Morgan fingerprint density at radius 3 is 1.67 bits per heavy atom. The summed E-state index contributed by atoms with van der Waals surface area (Å²) >= 11 is 2.09. The van der Waals surface area contributed by atoms with E-state index in [1.54, 1.807) is 0 Å². The number of rotatable bonds is 2. The minimum atomic E-state index is 0.990. The Bertz CT molecular complexity index is 174. The summed E-state index contributed by atoms with van der Waals surface area (Å²) in [5.41, 5.74) is 0. The van der Waals surface area contributed by atoms with Gasteiger partial charge in [-0.15, -0.1) is 0 Å². The van der Waals surface area contributed by atoms with Crippen molar-refractivity contribution in [2.75, 3.05) is 6.26 Å². The Kier molecular flexibility index (Phi) is 4.42. The summed E-state index contributed by atoms with van der Waals surface area (Å²) in [4.78, 5) is 0. The van der Waals surface area contributed by atoms with Crippen LogP contribution in [0.25, 0.3) is 0 Å². The van der Waals surface area contributed by atoms with Gasteiger partial charge in [-0.25, -0.2) is 0 Å². The van der Waals surface area contributed by atoms with Crippen LogP contribution < -0.4 is 0 Å². The van der Waals surface area contributed by atoms with E-state index >= 15 is 0 Å². The highest BCUT2D eigenvalue weighted by Gasteiger charge is 2.29. The summed E-state index contributed by atoms with van der Waals surface area (Å²) in [6.07, 6.45) is 14.4. The molecule has 0 aromatic rings. The molecule has 15 heavy (non-hydrogen) atoms. The molecule has 0 radical (unpaired) electrons. The third-order valence-corrected chi connectivity index (χ3v) is 5.92. The van der Waals surface area contributed by atoms with Gasteiger partial charge in [-0.1, -0.05) is 19.8 Å². The van der Waals surface area contributed by atoms with Gasteiger partial charge < -0.3 is 0 Å². The fraction of sp³-hybridized carbons (Fsp3) is 1.00. The van der Waals surface area contributed by atoms with E-state index in [9.17, 15) is 0 Å². The molecule has 2 aliphatic rings. The normalized spacial score (nSPS) is 42.8. The molecule has 2 fully saturated rings. The second kappa shape index (κ2) is 5.61. The first-order valence-corrected chi connectivity index (χ1v) is 8.11. The predicted octanol–water partition coefficient (Wildman–Crippen LogP) is 4.73. The predicted molar refractivity (Wildman–Crippen MR) is 70.4 cm³/mol. The van der Waals surface area contributed by atoms with Crippen LogP contribution in [0.5, 0.6) is 0 Å². The summed E-state index contributed by atoms with van der Waals surface area (Å²) in [6.45, 7) is 2.43. The van der Waals surface area contributed by atoms with E-state index in [1.165, 1.54) is 51.4 Å². The van der Waals surface area contributed by atoms with E-state index in [0.29, 0.717) is 0 Å². The Hall–Kier alpha value is 0.350. The van der Waals surface area contributed by atoms with Crippen LogP contribution in [0, 0.1) is 17.8 Å². The van der Waals surface area contributed by atoms with Gasteiger partial charge in [0.25, 0.3) is 0 Å². The van der Waals surface area contributed by atoms with Crippen molar-refractivity contribution in [2.24, 2.45) is 17.8 Å². The van der Waals surface area contributed by atoms with E-state index in [4.69, 9.17) is 0 Å². The molecule has 0 aliphatic heterocycles. The molecule has 0 aromatic heterocycles. The maximum atomic E-state index is 2.43. The molecule has 0 saturated heterocycles. The maximum Gasteiger partial charge on any atom is 0.00444 e. The Morgan fingerprint density at radius 2 is 1.20 bits per heavy atom. The van der Waals surface area contributed by atoms with Crippen LogP contribution in [0.15, 0.2) is 0 Å². The van der Waals surface area contributed by atoms with Crippen molar-refractivity contribution < 1.29 is 0 Å². The molecule has 0 N–H and O–H groups in total. The third kappa shape index (κ3) is 3.15. The van der Waals surface area contributed by atoms with Crippen LogP contribution in [-0.2, 0) is 0 Å². The Labute approximate surface area is 99.6 Å². The highest BCUT2D eigenvalue weighted by molar-refractivity contribution is 7.99. The highest BCUT2D eigenvalue weighted by Crippen LogP contribution is 2.41. The molecule has 0 unspecified atom stereocenters. The number of hydrogen-bond donors (Lipinski definition) is 0. The van der Waals surface area contributed by atoms with Crippen molar-refractivity contribution in [3.63, 3.8) is 0 Å². The van der Waals surface area contributed by atoms with Crippen molar-refractivity contribution in [2.45, 2.75) is 63.5 Å². The SMILES string of the molecule is CSC1CCC(C2CCC(C)CC2)CC1. The molecule has 0 heterocycles. The summed E-state index contributed by atoms with van der Waals surface area (Å²) in [7, 11) is 0. The average molecular weight is 226 g/mol. The van der Waals surface area contributed by atoms with Crippen LogP contribution in [0.3, 0.4) is 0 Å². The lowest BCUT2D eigenvalue weighted by atomic mass is 9.71. The summed E-state index contributed by atoms with van der Waals surface area (Å²) in [5, 5.41) is 0.990. The molecular weight excluding hydrogens is 200 g/mol. The van der Waals surface area contributed by atoms with E-state index in [0.717, 1.165) is 23.0 Å². The van der Waals surface area contributed by atoms with Crippen molar-refractivity contribution >= 4 is 11.8 Å². The maximum absolute atomic E-state index is 2.43. The zero-order valence-corrected chi connectivity index (χ0v) is 11.2. The average Bonchev–Trinajstić information content (AvgIpc) is 2.30. The minimum Gasteiger partial charge on any atom is -0.162 e. The van der Waals surface area contributed by atoms with Crippen LogP contribution >= 0.6 is 11.8 Å². The topological polar surface area (TPSA) is 0 Å². The second-order valence-corrected chi connectivity index (χ2v) is 6.93. The summed E-state index contributed by atoms with van der Waals surface area (Å²) in [6, 6.07) is 0. The summed E-state index contributed by atoms with van der Waals surface area (Å²) < 4.78 is 0. The number of thioether (sulfide) groups is 1. The van der Waals surface area contributed by atoms with E-state index < -0.39 is 0 Å². The van der Waals surface area contributed by atoms with Gasteiger partial charge in [0, 0.05) is 5.25 Å². The quantitative estimate of drug-likeness (QED) is 0.655. The van der Waals surface area contributed by atoms with Gasteiger partial charge >= 0.3 is 0 Å². The van der Waals surface area contributed by atoms with Crippen LogP contribution in [0.1, 0.15) is 58.3 Å². The second-order valence-electron chi connectivity index (χ2n) is 5.79. The molecule has 0 atom stereocenters. The van der Waals surface area contributed by atoms with Crippen LogP contribution in [0.2, 0.25) is 0 Å². The zero-order chi connectivity index (χ0) is 10.7. The van der Waals surface area contributed by atoms with Gasteiger partial charge in [0.1, 0.15) is 0 Å². The minimum absolute atomic E-state index is 0.990.